The maximum atomic E-state index is 12.3. The van der Waals surface area contributed by atoms with Crippen LogP contribution in [0.4, 0.5) is 4.79 Å². The second-order valence-corrected chi connectivity index (χ2v) is 6.53. The van der Waals surface area contributed by atoms with Crippen molar-refractivity contribution < 1.29 is 14.6 Å². The molecule has 5 nitrogen and oxygen atoms in total. The molecule has 2 aliphatic carbocycles. The Labute approximate surface area is 120 Å². The minimum absolute atomic E-state index is 0.00148. The van der Waals surface area contributed by atoms with Gasteiger partial charge < -0.3 is 20.1 Å². The third-order valence-electron chi connectivity index (χ3n) is 4.92. The maximum Gasteiger partial charge on any atom is 0.317 e. The lowest BCUT2D eigenvalue weighted by molar-refractivity contribution is -0.0824. The number of nitrogens with one attached hydrogen (secondary N) is 1. The first-order valence-corrected chi connectivity index (χ1v) is 8.04. The Morgan fingerprint density at radius 1 is 1.30 bits per heavy atom. The van der Waals surface area contributed by atoms with Gasteiger partial charge in [0.1, 0.15) is 0 Å². The van der Waals surface area contributed by atoms with Crippen molar-refractivity contribution >= 4 is 6.03 Å². The van der Waals surface area contributed by atoms with Crippen LogP contribution in [0.2, 0.25) is 0 Å². The van der Waals surface area contributed by atoms with E-state index in [4.69, 9.17) is 9.84 Å². The third kappa shape index (κ3) is 3.09. The molecule has 1 unspecified atom stereocenters. The Hall–Kier alpha value is -0.810. The van der Waals surface area contributed by atoms with Gasteiger partial charge >= 0.3 is 6.03 Å². The average Bonchev–Trinajstić information content (AvgIpc) is 3.18. The van der Waals surface area contributed by atoms with Crippen molar-refractivity contribution in [1.82, 2.24) is 10.2 Å². The summed E-state index contributed by atoms with van der Waals surface area (Å²) in [5.41, 5.74) is 0.0393. The quantitative estimate of drug-likeness (QED) is 0.824. The van der Waals surface area contributed by atoms with Crippen LogP contribution in [-0.4, -0.2) is 53.5 Å². The van der Waals surface area contributed by atoms with Crippen LogP contribution in [-0.2, 0) is 4.74 Å². The summed E-state index contributed by atoms with van der Waals surface area (Å²) < 4.78 is 6.00. The molecule has 0 aromatic heterocycles. The van der Waals surface area contributed by atoms with Crippen molar-refractivity contribution in [1.29, 1.82) is 0 Å². The van der Waals surface area contributed by atoms with E-state index >= 15 is 0 Å². The highest BCUT2D eigenvalue weighted by Crippen LogP contribution is 2.40. The van der Waals surface area contributed by atoms with Gasteiger partial charge in [-0.2, -0.15) is 0 Å². The van der Waals surface area contributed by atoms with Crippen LogP contribution >= 0.6 is 0 Å². The van der Waals surface area contributed by atoms with E-state index in [0.29, 0.717) is 12.6 Å². The molecule has 20 heavy (non-hydrogen) atoms. The van der Waals surface area contributed by atoms with Crippen molar-refractivity contribution in [3.63, 3.8) is 0 Å². The standard InChI is InChI=1S/C15H26N2O3/c18-9-8-17(13-3-4-13)14(19)16-12-5-10-20-15(11-12)6-1-2-7-15/h12-13,18H,1-11H2,(H,16,19). The molecule has 0 aromatic rings. The molecule has 3 aliphatic rings. The minimum atomic E-state index is 0.00148. The van der Waals surface area contributed by atoms with Gasteiger partial charge in [-0.15, -0.1) is 0 Å². The van der Waals surface area contributed by atoms with Crippen LogP contribution < -0.4 is 5.32 Å². The number of amides is 2. The van der Waals surface area contributed by atoms with E-state index in [-0.39, 0.29) is 24.3 Å². The molecule has 0 radical (unpaired) electrons. The van der Waals surface area contributed by atoms with Gasteiger partial charge in [-0.3, -0.25) is 0 Å². The Bertz CT molecular complexity index is 351. The molecule has 1 saturated heterocycles. The van der Waals surface area contributed by atoms with Crippen LogP contribution in [0.25, 0.3) is 0 Å². The van der Waals surface area contributed by atoms with Crippen LogP contribution in [0.1, 0.15) is 51.4 Å². The topological polar surface area (TPSA) is 61.8 Å². The number of hydrogen-bond donors (Lipinski definition) is 2. The van der Waals surface area contributed by atoms with Crippen LogP contribution in [0.15, 0.2) is 0 Å². The third-order valence-corrected chi connectivity index (χ3v) is 4.92. The number of ether oxygens (including phenoxy) is 1. The number of nitrogens with zero attached hydrogens (tertiary/aromatic N) is 1. The minimum Gasteiger partial charge on any atom is -0.395 e. The van der Waals surface area contributed by atoms with E-state index < -0.39 is 0 Å². The molecular formula is C15H26N2O3. The molecule has 1 atom stereocenters. The number of urea groups is 1. The summed E-state index contributed by atoms with van der Waals surface area (Å²) in [6.07, 6.45) is 8.79. The second kappa shape index (κ2) is 5.90. The van der Waals surface area contributed by atoms with E-state index in [0.717, 1.165) is 45.1 Å². The highest BCUT2D eigenvalue weighted by molar-refractivity contribution is 5.75. The van der Waals surface area contributed by atoms with Gasteiger partial charge in [0, 0.05) is 25.2 Å². The molecule has 1 aliphatic heterocycles. The number of hydrogen-bond acceptors (Lipinski definition) is 3. The van der Waals surface area contributed by atoms with Gasteiger partial charge in [0.2, 0.25) is 0 Å². The molecule has 3 fully saturated rings. The zero-order valence-corrected chi connectivity index (χ0v) is 12.1. The Morgan fingerprint density at radius 2 is 2.05 bits per heavy atom. The Balaban J connectivity index is 1.54. The summed E-state index contributed by atoms with van der Waals surface area (Å²) in [7, 11) is 0. The molecular weight excluding hydrogens is 256 g/mol. The van der Waals surface area contributed by atoms with Crippen LogP contribution in [0, 0.1) is 0 Å². The van der Waals surface area contributed by atoms with Gasteiger partial charge in [-0.1, -0.05) is 12.8 Å². The molecule has 2 amide bonds. The van der Waals surface area contributed by atoms with Crippen molar-refractivity contribution in [2.45, 2.75) is 69.1 Å². The number of carbonyl (C=O) groups is 1. The second-order valence-electron chi connectivity index (χ2n) is 6.53. The van der Waals surface area contributed by atoms with Crippen LogP contribution in [0.5, 0.6) is 0 Å². The zero-order valence-electron chi connectivity index (χ0n) is 12.1. The van der Waals surface area contributed by atoms with Gasteiger partial charge in [-0.05, 0) is 38.5 Å². The summed E-state index contributed by atoms with van der Waals surface area (Å²) in [5.74, 6) is 0. The summed E-state index contributed by atoms with van der Waals surface area (Å²) in [5, 5.41) is 12.3. The lowest BCUT2D eigenvalue weighted by Crippen LogP contribution is -2.52. The van der Waals surface area contributed by atoms with E-state index in [1.165, 1.54) is 12.8 Å². The average molecular weight is 282 g/mol. The number of aliphatic hydroxyl groups excluding tert-OH is 1. The molecule has 2 N–H and O–H groups in total. The highest BCUT2D eigenvalue weighted by Gasteiger charge is 2.41. The molecule has 1 spiro atoms. The van der Waals surface area contributed by atoms with Gasteiger partial charge in [-0.25, -0.2) is 4.79 Å². The molecule has 0 bridgehead atoms. The van der Waals surface area contributed by atoms with Crippen molar-refractivity contribution in [3.05, 3.63) is 0 Å². The number of carbonyl (C=O) groups excluding carboxylic acids is 1. The normalized spacial score (nSPS) is 28.6. The van der Waals surface area contributed by atoms with Crippen molar-refractivity contribution in [3.8, 4) is 0 Å². The molecule has 3 rings (SSSR count). The maximum absolute atomic E-state index is 12.3. The van der Waals surface area contributed by atoms with E-state index in [1.807, 2.05) is 0 Å². The van der Waals surface area contributed by atoms with Gasteiger partial charge in [0.25, 0.3) is 0 Å². The predicted octanol–water partition coefficient (Wildman–Crippen LogP) is 1.64. The Morgan fingerprint density at radius 3 is 2.70 bits per heavy atom. The molecule has 1 heterocycles. The molecule has 2 saturated carbocycles. The fourth-order valence-electron chi connectivity index (χ4n) is 3.72. The number of aliphatic hydroxyl groups is 1. The molecule has 114 valence electrons. The summed E-state index contributed by atoms with van der Waals surface area (Å²) in [4.78, 5) is 14.2. The first kappa shape index (κ1) is 14.1. The fraction of sp³-hybridized carbons (Fsp3) is 0.933. The largest absolute Gasteiger partial charge is 0.395 e. The lowest BCUT2D eigenvalue weighted by Gasteiger charge is -2.39. The number of rotatable bonds is 4. The summed E-state index contributed by atoms with van der Waals surface area (Å²) >= 11 is 0. The predicted molar refractivity (Wildman–Crippen MR) is 75.5 cm³/mol. The first-order chi connectivity index (χ1) is 9.72. The molecule has 5 heteroatoms. The fourth-order valence-corrected chi connectivity index (χ4v) is 3.72. The highest BCUT2D eigenvalue weighted by atomic mass is 16.5. The Kier molecular flexibility index (Phi) is 4.17. The lowest BCUT2D eigenvalue weighted by atomic mass is 9.89. The van der Waals surface area contributed by atoms with E-state index in [9.17, 15) is 4.79 Å². The van der Waals surface area contributed by atoms with Crippen molar-refractivity contribution in [2.75, 3.05) is 19.8 Å². The molecule has 0 aromatic carbocycles. The van der Waals surface area contributed by atoms with E-state index in [1.54, 1.807) is 4.90 Å². The van der Waals surface area contributed by atoms with E-state index in [2.05, 4.69) is 5.32 Å². The zero-order chi connectivity index (χ0) is 14.0. The summed E-state index contributed by atoms with van der Waals surface area (Å²) in [6.45, 7) is 1.25. The first-order valence-electron chi connectivity index (χ1n) is 8.04. The van der Waals surface area contributed by atoms with Gasteiger partial charge in [0.15, 0.2) is 0 Å². The smallest absolute Gasteiger partial charge is 0.317 e. The monoisotopic (exact) mass is 282 g/mol. The summed E-state index contributed by atoms with van der Waals surface area (Å²) in [6, 6.07) is 0.582. The van der Waals surface area contributed by atoms with Crippen LogP contribution in [0.3, 0.4) is 0 Å². The van der Waals surface area contributed by atoms with Crippen molar-refractivity contribution in [2.24, 2.45) is 0 Å². The van der Waals surface area contributed by atoms with Gasteiger partial charge in [0.05, 0.1) is 12.2 Å². The SMILES string of the molecule is O=C(NC1CCOC2(CCCC2)C1)N(CCO)C1CC1.